The van der Waals surface area contributed by atoms with Gasteiger partial charge in [-0.05, 0) is 42.7 Å². The highest BCUT2D eigenvalue weighted by atomic mass is 16.5. The standard InChI is InChI=1S/C24H22N2O6/c1-5-13-14-8-12(30-3)6-7-17(14)25-20-15(13)9-26-21(20)19(24(29)31-4)18-11(2)23(28)32-10-16(18)22(26)27/h6-8,11H,5,9-10H2,1-4H3. The Hall–Kier alpha value is -3.68. The van der Waals surface area contributed by atoms with Crippen LogP contribution in [0, 0.1) is 0 Å². The van der Waals surface area contributed by atoms with Crippen molar-refractivity contribution >= 4 is 22.8 Å². The minimum atomic E-state index is -0.758. The molecule has 2 aliphatic heterocycles. The summed E-state index contributed by atoms with van der Waals surface area (Å²) in [5, 5.41) is 0.947. The Labute approximate surface area is 183 Å². The van der Waals surface area contributed by atoms with Crippen molar-refractivity contribution in [2.75, 3.05) is 14.2 Å². The summed E-state index contributed by atoms with van der Waals surface area (Å²) >= 11 is 0. The van der Waals surface area contributed by atoms with Crippen LogP contribution in [0.25, 0.3) is 22.3 Å². The van der Waals surface area contributed by atoms with Crippen molar-refractivity contribution in [2.45, 2.75) is 39.3 Å². The van der Waals surface area contributed by atoms with Crippen molar-refractivity contribution in [3.8, 4) is 17.1 Å². The molecule has 0 N–H and O–H groups in total. The summed E-state index contributed by atoms with van der Waals surface area (Å²) in [4.78, 5) is 43.6. The fraction of sp³-hybridized carbons (Fsp3) is 0.333. The van der Waals surface area contributed by atoms with E-state index in [2.05, 4.69) is 0 Å². The highest BCUT2D eigenvalue weighted by molar-refractivity contribution is 6.02. The van der Waals surface area contributed by atoms with Crippen LogP contribution in [0.1, 0.15) is 52.4 Å². The molecule has 3 aromatic rings. The first-order chi connectivity index (χ1) is 15.4. The monoisotopic (exact) mass is 434 g/mol. The lowest BCUT2D eigenvalue weighted by molar-refractivity contribution is -0.147. The number of esters is 2. The first kappa shape index (κ1) is 20.2. The number of aryl methyl sites for hydroxylation is 1. The highest BCUT2D eigenvalue weighted by Crippen LogP contribution is 2.42. The summed E-state index contributed by atoms with van der Waals surface area (Å²) in [5.74, 6) is -1.12. The summed E-state index contributed by atoms with van der Waals surface area (Å²) in [7, 11) is 2.90. The first-order valence-corrected chi connectivity index (χ1v) is 10.5. The normalized spacial score (nSPS) is 16.2. The van der Waals surface area contributed by atoms with Gasteiger partial charge in [-0.3, -0.25) is 9.59 Å². The largest absolute Gasteiger partial charge is 0.497 e. The molecule has 0 amide bonds. The molecule has 1 unspecified atom stereocenters. The summed E-state index contributed by atoms with van der Waals surface area (Å²) in [6.45, 7) is 3.80. The van der Waals surface area contributed by atoms with E-state index in [9.17, 15) is 14.4 Å². The molecule has 0 bridgehead atoms. The van der Waals surface area contributed by atoms with Crippen molar-refractivity contribution in [1.82, 2.24) is 9.55 Å². The molecule has 0 saturated carbocycles. The average Bonchev–Trinajstić information content (AvgIpc) is 3.18. The Morgan fingerprint density at radius 3 is 2.72 bits per heavy atom. The molecule has 8 heteroatoms. The minimum absolute atomic E-state index is 0.162. The average molecular weight is 434 g/mol. The Kier molecular flexibility index (Phi) is 4.54. The maximum Gasteiger partial charge on any atom is 0.340 e. The molecule has 0 saturated heterocycles. The van der Waals surface area contributed by atoms with Gasteiger partial charge in [0, 0.05) is 10.9 Å². The van der Waals surface area contributed by atoms with Gasteiger partial charge < -0.3 is 18.8 Å². The molecule has 0 radical (unpaired) electrons. The number of aromatic nitrogens is 2. The zero-order valence-corrected chi connectivity index (χ0v) is 18.3. The highest BCUT2D eigenvalue weighted by Gasteiger charge is 2.39. The van der Waals surface area contributed by atoms with E-state index in [-0.39, 0.29) is 24.3 Å². The van der Waals surface area contributed by atoms with Gasteiger partial charge in [0.15, 0.2) is 0 Å². The zero-order chi connectivity index (χ0) is 22.7. The first-order valence-electron chi connectivity index (χ1n) is 10.5. The van der Waals surface area contributed by atoms with Gasteiger partial charge in [-0.1, -0.05) is 6.92 Å². The van der Waals surface area contributed by atoms with Crippen molar-refractivity contribution in [3.05, 3.63) is 56.4 Å². The molecule has 0 aliphatic carbocycles. The maximum absolute atomic E-state index is 13.5. The molecule has 164 valence electrons. The van der Waals surface area contributed by atoms with Gasteiger partial charge in [0.25, 0.3) is 5.56 Å². The molecule has 32 heavy (non-hydrogen) atoms. The molecular formula is C24H22N2O6. The van der Waals surface area contributed by atoms with Gasteiger partial charge in [0.1, 0.15) is 12.4 Å². The lowest BCUT2D eigenvalue weighted by atomic mass is 9.88. The number of cyclic esters (lactones) is 1. The molecule has 1 atom stereocenters. The predicted molar refractivity (Wildman–Crippen MR) is 116 cm³/mol. The lowest BCUT2D eigenvalue weighted by Crippen LogP contribution is -2.34. The van der Waals surface area contributed by atoms with Gasteiger partial charge in [0.2, 0.25) is 0 Å². The Morgan fingerprint density at radius 2 is 2.03 bits per heavy atom. The number of nitrogens with zero attached hydrogens (tertiary/aromatic N) is 2. The molecule has 0 spiro atoms. The third-order valence-corrected chi connectivity index (χ3v) is 6.44. The van der Waals surface area contributed by atoms with Crippen LogP contribution in [0.3, 0.4) is 0 Å². The van der Waals surface area contributed by atoms with Crippen molar-refractivity contribution in [3.63, 3.8) is 0 Å². The third-order valence-electron chi connectivity index (χ3n) is 6.44. The van der Waals surface area contributed by atoms with Crippen molar-refractivity contribution in [1.29, 1.82) is 0 Å². The van der Waals surface area contributed by atoms with E-state index in [1.165, 1.54) is 7.11 Å². The van der Waals surface area contributed by atoms with E-state index in [1.54, 1.807) is 18.6 Å². The number of rotatable bonds is 3. The second kappa shape index (κ2) is 7.19. The van der Waals surface area contributed by atoms with Crippen LogP contribution in [-0.2, 0) is 33.8 Å². The third kappa shape index (κ3) is 2.62. The lowest BCUT2D eigenvalue weighted by Gasteiger charge is -2.25. The topological polar surface area (TPSA) is 96.7 Å². The molecule has 8 nitrogen and oxygen atoms in total. The van der Waals surface area contributed by atoms with Gasteiger partial charge in [-0.15, -0.1) is 0 Å². The number of benzene rings is 1. The van der Waals surface area contributed by atoms with Crippen LogP contribution in [0.4, 0.5) is 0 Å². The smallest absolute Gasteiger partial charge is 0.340 e. The Balaban J connectivity index is 1.91. The van der Waals surface area contributed by atoms with Crippen LogP contribution in [0.2, 0.25) is 0 Å². The maximum atomic E-state index is 13.5. The molecule has 2 aromatic heterocycles. The molecule has 0 fully saturated rings. The van der Waals surface area contributed by atoms with E-state index >= 15 is 0 Å². The van der Waals surface area contributed by atoms with E-state index in [4.69, 9.17) is 19.2 Å². The SMILES string of the molecule is CCc1c2c(nc3ccc(OC)cc13)-c1c(C(=O)OC)c3c(c(=O)n1C2)COC(=O)C3C. The molecule has 2 aliphatic rings. The van der Waals surface area contributed by atoms with Crippen LogP contribution < -0.4 is 10.3 Å². The van der Waals surface area contributed by atoms with Gasteiger partial charge in [-0.25, -0.2) is 9.78 Å². The van der Waals surface area contributed by atoms with Crippen LogP contribution in [0.15, 0.2) is 23.0 Å². The minimum Gasteiger partial charge on any atom is -0.497 e. The number of pyridine rings is 2. The fourth-order valence-electron chi connectivity index (χ4n) is 4.91. The Morgan fingerprint density at radius 1 is 1.25 bits per heavy atom. The second-order valence-electron chi connectivity index (χ2n) is 7.98. The number of hydrogen-bond donors (Lipinski definition) is 0. The van der Waals surface area contributed by atoms with Gasteiger partial charge >= 0.3 is 11.9 Å². The summed E-state index contributed by atoms with van der Waals surface area (Å²) in [6, 6.07) is 5.63. The van der Waals surface area contributed by atoms with Crippen LogP contribution in [0.5, 0.6) is 5.75 Å². The number of methoxy groups -OCH3 is 2. The van der Waals surface area contributed by atoms with Crippen molar-refractivity contribution in [2.24, 2.45) is 0 Å². The van der Waals surface area contributed by atoms with Crippen LogP contribution in [-0.4, -0.2) is 35.7 Å². The van der Waals surface area contributed by atoms with E-state index in [1.807, 2.05) is 25.1 Å². The summed E-state index contributed by atoms with van der Waals surface area (Å²) < 4.78 is 17.2. The zero-order valence-electron chi connectivity index (χ0n) is 18.3. The summed E-state index contributed by atoms with van der Waals surface area (Å²) in [5.41, 5.74) is 4.29. The quantitative estimate of drug-likeness (QED) is 0.457. The number of ether oxygens (including phenoxy) is 3. The second-order valence-corrected chi connectivity index (χ2v) is 7.98. The van der Waals surface area contributed by atoms with E-state index < -0.39 is 17.9 Å². The molecule has 5 rings (SSSR count). The van der Waals surface area contributed by atoms with E-state index in [0.29, 0.717) is 28.9 Å². The number of fused-ring (bicyclic) bond motifs is 5. The van der Waals surface area contributed by atoms with Gasteiger partial charge in [0.05, 0.1) is 54.7 Å². The summed E-state index contributed by atoms with van der Waals surface area (Å²) in [6.07, 6.45) is 0.711. The number of carbonyl (C=O) groups excluding carboxylic acids is 2. The molecule has 4 heterocycles. The molecular weight excluding hydrogens is 412 g/mol. The molecule has 1 aromatic carbocycles. The number of carbonyl (C=O) groups is 2. The Bertz CT molecular complexity index is 1390. The number of hydrogen-bond acceptors (Lipinski definition) is 7. The van der Waals surface area contributed by atoms with Crippen LogP contribution >= 0.6 is 0 Å². The fourth-order valence-corrected chi connectivity index (χ4v) is 4.91. The van der Waals surface area contributed by atoms with E-state index in [0.717, 1.165) is 27.8 Å². The van der Waals surface area contributed by atoms with Gasteiger partial charge in [-0.2, -0.15) is 0 Å². The van der Waals surface area contributed by atoms with Crippen molar-refractivity contribution < 1.29 is 23.8 Å². The predicted octanol–water partition coefficient (Wildman–Crippen LogP) is 2.94.